The van der Waals surface area contributed by atoms with Crippen LogP contribution in [0.2, 0.25) is 0 Å². The largest absolute Gasteiger partial charge is 0.493 e. The van der Waals surface area contributed by atoms with Gasteiger partial charge < -0.3 is 9.47 Å². The van der Waals surface area contributed by atoms with Gasteiger partial charge in [-0.05, 0) is 36.4 Å². The first-order valence-corrected chi connectivity index (χ1v) is 8.66. The SMILES string of the molecule is C#CCOc1c(/C=N\NC(=O)c2ccc(Br)cc2)cc(Br)cc1OC. The molecule has 2 aromatic carbocycles. The third-order valence-electron chi connectivity index (χ3n) is 3.04. The molecule has 1 N–H and O–H groups in total. The third kappa shape index (κ3) is 5.34. The number of carbonyl (C=O) groups is 1. The monoisotopic (exact) mass is 464 g/mol. The second-order valence-corrected chi connectivity index (χ2v) is 6.56. The maximum absolute atomic E-state index is 12.1. The molecule has 0 saturated carbocycles. The predicted octanol–water partition coefficient (Wildman–Crippen LogP) is 4.00. The van der Waals surface area contributed by atoms with E-state index >= 15 is 0 Å². The fourth-order valence-corrected chi connectivity index (χ4v) is 2.65. The van der Waals surface area contributed by atoms with Crippen LogP contribution in [0.1, 0.15) is 15.9 Å². The van der Waals surface area contributed by atoms with Gasteiger partial charge >= 0.3 is 0 Å². The van der Waals surface area contributed by atoms with Gasteiger partial charge in [-0.25, -0.2) is 5.43 Å². The Morgan fingerprint density at radius 3 is 2.64 bits per heavy atom. The molecule has 1 amide bonds. The Morgan fingerprint density at radius 1 is 1.28 bits per heavy atom. The van der Waals surface area contributed by atoms with Gasteiger partial charge in [-0.2, -0.15) is 5.10 Å². The molecule has 0 aliphatic rings. The zero-order chi connectivity index (χ0) is 18.2. The maximum atomic E-state index is 12.1. The predicted molar refractivity (Wildman–Crippen MR) is 104 cm³/mol. The van der Waals surface area contributed by atoms with Gasteiger partial charge in [-0.1, -0.05) is 37.8 Å². The molecular weight excluding hydrogens is 452 g/mol. The second-order valence-electron chi connectivity index (χ2n) is 4.73. The molecule has 0 radical (unpaired) electrons. The van der Waals surface area contributed by atoms with Gasteiger partial charge in [-0.15, -0.1) is 6.42 Å². The lowest BCUT2D eigenvalue weighted by molar-refractivity contribution is 0.0955. The van der Waals surface area contributed by atoms with Crippen LogP contribution in [0.3, 0.4) is 0 Å². The van der Waals surface area contributed by atoms with E-state index in [1.54, 1.807) is 36.4 Å². The van der Waals surface area contributed by atoms with Crippen LogP contribution in [0.15, 0.2) is 50.4 Å². The molecule has 0 aliphatic heterocycles. The highest BCUT2D eigenvalue weighted by Gasteiger charge is 2.11. The lowest BCUT2D eigenvalue weighted by Gasteiger charge is -2.12. The maximum Gasteiger partial charge on any atom is 0.271 e. The topological polar surface area (TPSA) is 59.9 Å². The van der Waals surface area contributed by atoms with Crippen LogP contribution < -0.4 is 14.9 Å². The van der Waals surface area contributed by atoms with Crippen LogP contribution in [-0.2, 0) is 0 Å². The quantitative estimate of drug-likeness (QED) is 0.398. The fraction of sp³-hybridized carbons (Fsp3) is 0.111. The van der Waals surface area contributed by atoms with Crippen LogP contribution >= 0.6 is 31.9 Å². The molecule has 0 aliphatic carbocycles. The van der Waals surface area contributed by atoms with Crippen LogP contribution in [0.25, 0.3) is 0 Å². The summed E-state index contributed by atoms with van der Waals surface area (Å²) in [6, 6.07) is 10.5. The van der Waals surface area contributed by atoms with Crippen molar-refractivity contribution in [2.24, 2.45) is 5.10 Å². The first-order chi connectivity index (χ1) is 12.0. The number of carbonyl (C=O) groups excluding carboxylic acids is 1. The summed E-state index contributed by atoms with van der Waals surface area (Å²) in [5.74, 6) is 3.03. The van der Waals surface area contributed by atoms with Crippen molar-refractivity contribution in [1.82, 2.24) is 5.43 Å². The van der Waals surface area contributed by atoms with E-state index in [0.717, 1.165) is 8.95 Å². The molecule has 0 saturated heterocycles. The number of hydrogen-bond acceptors (Lipinski definition) is 4. The van der Waals surface area contributed by atoms with Gasteiger partial charge in [0.05, 0.1) is 13.3 Å². The summed E-state index contributed by atoms with van der Waals surface area (Å²) in [6.45, 7) is 0.0874. The number of ether oxygens (including phenoxy) is 2. The van der Waals surface area contributed by atoms with Gasteiger partial charge in [0, 0.05) is 20.1 Å². The first-order valence-electron chi connectivity index (χ1n) is 7.08. The van der Waals surface area contributed by atoms with E-state index in [2.05, 4.69) is 48.3 Å². The van der Waals surface area contributed by atoms with E-state index in [1.165, 1.54) is 13.3 Å². The molecule has 2 rings (SSSR count). The van der Waals surface area contributed by atoms with Crippen molar-refractivity contribution in [2.45, 2.75) is 0 Å². The number of nitrogens with zero attached hydrogens (tertiary/aromatic N) is 1. The Labute approximate surface area is 162 Å². The number of amides is 1. The number of terminal acetylenes is 1. The summed E-state index contributed by atoms with van der Waals surface area (Å²) in [5.41, 5.74) is 3.58. The highest BCUT2D eigenvalue weighted by atomic mass is 79.9. The smallest absolute Gasteiger partial charge is 0.271 e. The van der Waals surface area contributed by atoms with Gasteiger partial charge in [-0.3, -0.25) is 4.79 Å². The number of halogens is 2. The van der Waals surface area contributed by atoms with Crippen molar-refractivity contribution >= 4 is 44.0 Å². The number of hydrogen-bond donors (Lipinski definition) is 1. The van der Waals surface area contributed by atoms with E-state index in [4.69, 9.17) is 15.9 Å². The Balaban J connectivity index is 2.19. The van der Waals surface area contributed by atoms with Crippen LogP contribution in [0, 0.1) is 12.3 Å². The highest BCUT2D eigenvalue weighted by Crippen LogP contribution is 2.34. The van der Waals surface area contributed by atoms with Gasteiger partial charge in [0.25, 0.3) is 5.91 Å². The number of hydrazone groups is 1. The minimum Gasteiger partial charge on any atom is -0.493 e. The summed E-state index contributed by atoms with van der Waals surface area (Å²) >= 11 is 6.71. The Morgan fingerprint density at radius 2 is 2.00 bits per heavy atom. The van der Waals surface area contributed by atoms with Gasteiger partial charge in [0.15, 0.2) is 11.5 Å². The molecule has 0 atom stereocenters. The summed E-state index contributed by atoms with van der Waals surface area (Å²) in [5, 5.41) is 3.98. The van der Waals surface area contributed by atoms with Crippen molar-refractivity contribution in [3.63, 3.8) is 0 Å². The number of rotatable bonds is 6. The standard InChI is InChI=1S/C18H14Br2N2O3/c1-3-8-25-17-13(9-15(20)10-16(17)24-2)11-21-22-18(23)12-4-6-14(19)7-5-12/h1,4-7,9-11H,8H2,2H3,(H,22,23)/b21-11-. The Bertz CT molecular complexity index is 827. The number of benzene rings is 2. The molecule has 0 unspecified atom stereocenters. The van der Waals surface area contributed by atoms with E-state index in [1.807, 2.05) is 0 Å². The Hall–Kier alpha value is -2.30. The molecule has 2 aromatic rings. The molecule has 0 bridgehead atoms. The Kier molecular flexibility index (Phi) is 7.04. The summed E-state index contributed by atoms with van der Waals surface area (Å²) in [4.78, 5) is 12.1. The van der Waals surface area contributed by atoms with Crippen molar-refractivity contribution in [3.8, 4) is 23.8 Å². The van der Waals surface area contributed by atoms with E-state index in [0.29, 0.717) is 22.6 Å². The lowest BCUT2D eigenvalue weighted by atomic mass is 10.2. The minimum atomic E-state index is -0.322. The van der Waals surface area contributed by atoms with Crippen LogP contribution in [-0.4, -0.2) is 25.8 Å². The number of methoxy groups -OCH3 is 1. The minimum absolute atomic E-state index is 0.0874. The molecule has 0 aromatic heterocycles. The zero-order valence-electron chi connectivity index (χ0n) is 13.3. The average Bonchev–Trinajstić information content (AvgIpc) is 2.60. The van der Waals surface area contributed by atoms with E-state index < -0.39 is 0 Å². The molecule has 25 heavy (non-hydrogen) atoms. The van der Waals surface area contributed by atoms with Crippen molar-refractivity contribution in [3.05, 3.63) is 56.5 Å². The summed E-state index contributed by atoms with van der Waals surface area (Å²) in [6.07, 6.45) is 6.71. The van der Waals surface area contributed by atoms with Crippen LogP contribution in [0.4, 0.5) is 0 Å². The first kappa shape index (κ1) is 19.0. The normalized spacial score (nSPS) is 10.3. The van der Waals surface area contributed by atoms with Gasteiger partial charge in [0.2, 0.25) is 0 Å². The van der Waals surface area contributed by atoms with Crippen molar-refractivity contribution < 1.29 is 14.3 Å². The number of nitrogens with one attached hydrogen (secondary N) is 1. The van der Waals surface area contributed by atoms with E-state index in [9.17, 15) is 4.79 Å². The van der Waals surface area contributed by atoms with E-state index in [-0.39, 0.29) is 12.5 Å². The van der Waals surface area contributed by atoms with Crippen molar-refractivity contribution in [1.29, 1.82) is 0 Å². The molecule has 0 heterocycles. The third-order valence-corrected chi connectivity index (χ3v) is 4.03. The second kappa shape index (κ2) is 9.25. The summed E-state index contributed by atoms with van der Waals surface area (Å²) in [7, 11) is 1.53. The average molecular weight is 466 g/mol. The lowest BCUT2D eigenvalue weighted by Crippen LogP contribution is -2.17. The molecule has 0 fully saturated rings. The summed E-state index contributed by atoms with van der Waals surface area (Å²) < 4.78 is 12.5. The fourth-order valence-electron chi connectivity index (χ4n) is 1.93. The zero-order valence-corrected chi connectivity index (χ0v) is 16.4. The van der Waals surface area contributed by atoms with Gasteiger partial charge in [0.1, 0.15) is 6.61 Å². The molecule has 7 heteroatoms. The molecular formula is C18H14Br2N2O3. The molecule has 0 spiro atoms. The van der Waals surface area contributed by atoms with Crippen molar-refractivity contribution in [2.75, 3.05) is 13.7 Å². The molecule has 128 valence electrons. The van der Waals surface area contributed by atoms with Crippen LogP contribution in [0.5, 0.6) is 11.5 Å². The highest BCUT2D eigenvalue weighted by molar-refractivity contribution is 9.10. The molecule has 5 nitrogen and oxygen atoms in total.